The summed E-state index contributed by atoms with van der Waals surface area (Å²) in [6, 6.07) is 0. The first kappa shape index (κ1) is 15.8. The van der Waals surface area contributed by atoms with Gasteiger partial charge in [-0.05, 0) is 12.8 Å². The van der Waals surface area contributed by atoms with Crippen molar-refractivity contribution in [2.45, 2.75) is 58.3 Å². The second-order valence-corrected chi connectivity index (χ2v) is 5.04. The lowest BCUT2D eigenvalue weighted by Crippen LogP contribution is -2.24. The van der Waals surface area contributed by atoms with E-state index in [1.54, 1.807) is 6.21 Å². The molecule has 1 saturated heterocycles. The van der Waals surface area contributed by atoms with Crippen LogP contribution in [0.25, 0.3) is 0 Å². The molecule has 3 nitrogen and oxygen atoms in total. The predicted octanol–water partition coefficient (Wildman–Crippen LogP) is 3.04. The van der Waals surface area contributed by atoms with E-state index in [4.69, 9.17) is 0 Å². The quantitative estimate of drug-likeness (QED) is 0.376. The first-order valence-electron chi connectivity index (χ1n) is 7.59. The number of likely N-dealkylation sites (tertiary alicyclic amines) is 1. The van der Waals surface area contributed by atoms with E-state index >= 15 is 0 Å². The van der Waals surface area contributed by atoms with Gasteiger partial charge in [0.1, 0.15) is 0 Å². The highest BCUT2D eigenvalue weighted by atomic mass is 16.2. The van der Waals surface area contributed by atoms with Gasteiger partial charge in [-0.3, -0.25) is 9.79 Å². The molecule has 0 aromatic rings. The van der Waals surface area contributed by atoms with Crippen LogP contribution in [0.3, 0.4) is 0 Å². The third-order valence-corrected chi connectivity index (χ3v) is 3.34. The molecule has 0 bridgehead atoms. The second kappa shape index (κ2) is 10.6. The van der Waals surface area contributed by atoms with Gasteiger partial charge < -0.3 is 4.90 Å². The molecule has 0 saturated carbocycles. The van der Waals surface area contributed by atoms with Gasteiger partial charge in [-0.15, -0.1) is 0 Å². The standard InChI is InChI=1S/C16H26N2O/c1-2-3-4-5-6-7-12-17-13-8-9-14-18-15-10-11-16(18)19/h13H,2-7,10-12,14-15H2,1H3. The van der Waals surface area contributed by atoms with E-state index in [2.05, 4.69) is 23.8 Å². The van der Waals surface area contributed by atoms with Crippen molar-refractivity contribution >= 4 is 12.1 Å². The molecule has 1 fully saturated rings. The van der Waals surface area contributed by atoms with Crippen molar-refractivity contribution in [2.24, 2.45) is 4.99 Å². The lowest BCUT2D eigenvalue weighted by molar-refractivity contribution is -0.127. The normalized spacial score (nSPS) is 15.0. The van der Waals surface area contributed by atoms with Gasteiger partial charge in [0.2, 0.25) is 5.91 Å². The van der Waals surface area contributed by atoms with Crippen LogP contribution in [0.1, 0.15) is 58.3 Å². The van der Waals surface area contributed by atoms with Gasteiger partial charge in [0.25, 0.3) is 0 Å². The molecule has 106 valence electrons. The molecule has 1 aliphatic heterocycles. The van der Waals surface area contributed by atoms with Crippen LogP contribution in [0.5, 0.6) is 0 Å². The highest BCUT2D eigenvalue weighted by Gasteiger charge is 2.18. The highest BCUT2D eigenvalue weighted by Crippen LogP contribution is 2.07. The molecule has 0 aliphatic carbocycles. The minimum absolute atomic E-state index is 0.235. The second-order valence-electron chi connectivity index (χ2n) is 5.04. The summed E-state index contributed by atoms with van der Waals surface area (Å²) in [5, 5.41) is 0. The summed E-state index contributed by atoms with van der Waals surface area (Å²) in [4.78, 5) is 17.4. The van der Waals surface area contributed by atoms with E-state index in [-0.39, 0.29) is 5.91 Å². The number of carbonyl (C=O) groups is 1. The molecule has 19 heavy (non-hydrogen) atoms. The molecule has 0 atom stereocenters. The van der Waals surface area contributed by atoms with Gasteiger partial charge in [0, 0.05) is 19.5 Å². The third kappa shape index (κ3) is 7.66. The van der Waals surface area contributed by atoms with E-state index in [1.807, 2.05) is 4.90 Å². The summed E-state index contributed by atoms with van der Waals surface area (Å²) in [5.41, 5.74) is 0. The predicted molar refractivity (Wildman–Crippen MR) is 80.3 cm³/mol. The van der Waals surface area contributed by atoms with Gasteiger partial charge in [0.15, 0.2) is 0 Å². The number of rotatable bonds is 8. The Bertz CT molecular complexity index is 338. The number of nitrogens with zero attached hydrogens (tertiary/aromatic N) is 2. The Labute approximate surface area is 117 Å². The van der Waals surface area contributed by atoms with Crippen molar-refractivity contribution in [3.8, 4) is 11.8 Å². The molecule has 1 amide bonds. The molecular weight excluding hydrogens is 236 g/mol. The van der Waals surface area contributed by atoms with Gasteiger partial charge in [-0.25, -0.2) is 0 Å². The maximum atomic E-state index is 11.3. The Morgan fingerprint density at radius 3 is 2.79 bits per heavy atom. The van der Waals surface area contributed by atoms with Crippen LogP contribution in [0.4, 0.5) is 0 Å². The number of unbranched alkanes of at least 4 members (excludes halogenated alkanes) is 5. The van der Waals surface area contributed by atoms with E-state index in [0.717, 1.165) is 25.9 Å². The molecule has 0 aromatic heterocycles. The summed E-state index contributed by atoms with van der Waals surface area (Å²) >= 11 is 0. The molecule has 1 rings (SSSR count). The minimum atomic E-state index is 0.235. The average molecular weight is 262 g/mol. The maximum absolute atomic E-state index is 11.3. The van der Waals surface area contributed by atoms with Crippen molar-refractivity contribution in [3.05, 3.63) is 0 Å². The van der Waals surface area contributed by atoms with Gasteiger partial charge in [-0.2, -0.15) is 0 Å². The zero-order valence-corrected chi connectivity index (χ0v) is 12.2. The monoisotopic (exact) mass is 262 g/mol. The number of amides is 1. The minimum Gasteiger partial charge on any atom is -0.332 e. The molecular formula is C16H26N2O. The van der Waals surface area contributed by atoms with E-state index in [1.165, 1.54) is 32.1 Å². The molecule has 0 N–H and O–H groups in total. The molecule has 1 aliphatic rings. The summed E-state index contributed by atoms with van der Waals surface area (Å²) in [7, 11) is 0. The van der Waals surface area contributed by atoms with Crippen LogP contribution < -0.4 is 0 Å². The van der Waals surface area contributed by atoms with Crippen LogP contribution in [0, 0.1) is 11.8 Å². The molecule has 0 aromatic carbocycles. The fraction of sp³-hybridized carbons (Fsp3) is 0.750. The number of hydrogen-bond acceptors (Lipinski definition) is 2. The number of carbonyl (C=O) groups excluding carboxylic acids is 1. The van der Waals surface area contributed by atoms with Crippen molar-refractivity contribution in [3.63, 3.8) is 0 Å². The molecule has 0 unspecified atom stereocenters. The maximum Gasteiger partial charge on any atom is 0.223 e. The van der Waals surface area contributed by atoms with Crippen LogP contribution in [-0.2, 0) is 4.79 Å². The van der Waals surface area contributed by atoms with Gasteiger partial charge in [0.05, 0.1) is 12.8 Å². The molecule has 3 heteroatoms. The smallest absolute Gasteiger partial charge is 0.223 e. The van der Waals surface area contributed by atoms with Crippen LogP contribution in [0.15, 0.2) is 4.99 Å². The summed E-state index contributed by atoms with van der Waals surface area (Å²) in [6.45, 7) is 4.53. The first-order valence-corrected chi connectivity index (χ1v) is 7.59. The zero-order valence-electron chi connectivity index (χ0n) is 12.2. The van der Waals surface area contributed by atoms with Crippen LogP contribution in [0.2, 0.25) is 0 Å². The topological polar surface area (TPSA) is 32.7 Å². The Kier molecular flexibility index (Phi) is 8.80. The SMILES string of the molecule is CCCCCCCCN=CC#CCN1CCCC1=O. The highest BCUT2D eigenvalue weighted by molar-refractivity contribution is 5.80. The van der Waals surface area contributed by atoms with Crippen molar-refractivity contribution in [2.75, 3.05) is 19.6 Å². The van der Waals surface area contributed by atoms with E-state index < -0.39 is 0 Å². The van der Waals surface area contributed by atoms with Crippen molar-refractivity contribution in [1.82, 2.24) is 4.90 Å². The Morgan fingerprint density at radius 1 is 1.26 bits per heavy atom. The largest absolute Gasteiger partial charge is 0.332 e. The molecule has 0 radical (unpaired) electrons. The summed E-state index contributed by atoms with van der Waals surface area (Å²) < 4.78 is 0. The van der Waals surface area contributed by atoms with Crippen LogP contribution >= 0.6 is 0 Å². The van der Waals surface area contributed by atoms with Gasteiger partial charge in [-0.1, -0.05) is 50.9 Å². The number of aliphatic imine (C=N–C) groups is 1. The first-order chi connectivity index (χ1) is 9.34. The molecule has 1 heterocycles. The fourth-order valence-electron chi connectivity index (χ4n) is 2.15. The van der Waals surface area contributed by atoms with E-state index in [9.17, 15) is 4.79 Å². The fourth-order valence-corrected chi connectivity index (χ4v) is 2.15. The Balaban J connectivity index is 1.96. The lowest BCUT2D eigenvalue weighted by Gasteiger charge is -2.09. The summed E-state index contributed by atoms with van der Waals surface area (Å²) in [6.07, 6.45) is 11.1. The number of hydrogen-bond donors (Lipinski definition) is 0. The van der Waals surface area contributed by atoms with Crippen LogP contribution in [-0.4, -0.2) is 36.7 Å². The Hall–Kier alpha value is -1.30. The molecule has 0 spiro atoms. The van der Waals surface area contributed by atoms with Gasteiger partial charge >= 0.3 is 0 Å². The average Bonchev–Trinajstić information content (AvgIpc) is 2.82. The van der Waals surface area contributed by atoms with Crippen molar-refractivity contribution < 1.29 is 4.79 Å². The van der Waals surface area contributed by atoms with Crippen molar-refractivity contribution in [1.29, 1.82) is 0 Å². The third-order valence-electron chi connectivity index (χ3n) is 3.34. The summed E-state index contributed by atoms with van der Waals surface area (Å²) in [5.74, 6) is 6.13. The lowest BCUT2D eigenvalue weighted by atomic mass is 10.1. The van der Waals surface area contributed by atoms with E-state index in [0.29, 0.717) is 13.0 Å². The zero-order chi connectivity index (χ0) is 13.8. The Morgan fingerprint density at radius 2 is 2.05 bits per heavy atom.